The van der Waals surface area contributed by atoms with E-state index in [4.69, 9.17) is 4.74 Å². The zero-order chi connectivity index (χ0) is 15.4. The minimum Gasteiger partial charge on any atom is -0.481 e. The van der Waals surface area contributed by atoms with Crippen molar-refractivity contribution in [2.24, 2.45) is 0 Å². The van der Waals surface area contributed by atoms with Crippen LogP contribution in [-0.4, -0.2) is 12.0 Å². The summed E-state index contributed by atoms with van der Waals surface area (Å²) in [5.74, 6) is 0.491. The van der Waals surface area contributed by atoms with Gasteiger partial charge >= 0.3 is 0 Å². The highest BCUT2D eigenvalue weighted by atomic mass is 79.9. The number of hydrogen-bond donors (Lipinski definition) is 1. The topological polar surface area (TPSA) is 38.3 Å². The summed E-state index contributed by atoms with van der Waals surface area (Å²) in [6.07, 6.45) is -0.569. The second kappa shape index (κ2) is 6.76. The fourth-order valence-corrected chi connectivity index (χ4v) is 2.24. The summed E-state index contributed by atoms with van der Waals surface area (Å²) in [5, 5.41) is 2.87. The average molecular weight is 348 g/mol. The molecule has 0 aromatic heterocycles. The molecule has 21 heavy (non-hydrogen) atoms. The van der Waals surface area contributed by atoms with Gasteiger partial charge < -0.3 is 10.1 Å². The van der Waals surface area contributed by atoms with E-state index in [9.17, 15) is 4.79 Å². The minimum atomic E-state index is -0.569. The summed E-state index contributed by atoms with van der Waals surface area (Å²) < 4.78 is 6.56. The van der Waals surface area contributed by atoms with Crippen LogP contribution in [0.5, 0.6) is 5.75 Å². The third-order valence-electron chi connectivity index (χ3n) is 3.25. The summed E-state index contributed by atoms with van der Waals surface area (Å²) in [6, 6.07) is 13.3. The first-order valence-corrected chi connectivity index (χ1v) is 7.55. The maximum atomic E-state index is 12.2. The van der Waals surface area contributed by atoms with Crippen LogP contribution < -0.4 is 10.1 Å². The lowest BCUT2D eigenvalue weighted by Gasteiger charge is -2.15. The zero-order valence-electron chi connectivity index (χ0n) is 12.3. The normalized spacial score (nSPS) is 11.8. The van der Waals surface area contributed by atoms with Crippen LogP contribution in [0.4, 0.5) is 5.69 Å². The van der Waals surface area contributed by atoms with Crippen molar-refractivity contribution in [2.75, 3.05) is 5.32 Å². The van der Waals surface area contributed by atoms with E-state index in [2.05, 4.69) is 21.2 Å². The Morgan fingerprint density at radius 2 is 1.90 bits per heavy atom. The fourth-order valence-electron chi connectivity index (χ4n) is 1.86. The van der Waals surface area contributed by atoms with Gasteiger partial charge in [-0.2, -0.15) is 0 Å². The molecule has 1 atom stereocenters. The first-order valence-electron chi connectivity index (χ1n) is 6.76. The van der Waals surface area contributed by atoms with Crippen LogP contribution in [0.2, 0.25) is 0 Å². The van der Waals surface area contributed by atoms with Crippen molar-refractivity contribution in [1.82, 2.24) is 0 Å². The molecule has 2 aromatic carbocycles. The Bertz CT molecular complexity index is 655. The number of carbonyl (C=O) groups is 1. The number of nitrogens with one attached hydrogen (secondary N) is 1. The van der Waals surface area contributed by atoms with E-state index >= 15 is 0 Å². The van der Waals surface area contributed by atoms with Crippen molar-refractivity contribution >= 4 is 27.5 Å². The quantitative estimate of drug-likeness (QED) is 0.885. The monoisotopic (exact) mass is 347 g/mol. The van der Waals surface area contributed by atoms with Crippen LogP contribution >= 0.6 is 15.9 Å². The molecule has 2 aromatic rings. The lowest BCUT2D eigenvalue weighted by atomic mass is 10.1. The lowest BCUT2D eigenvalue weighted by molar-refractivity contribution is -0.122. The Morgan fingerprint density at radius 1 is 1.14 bits per heavy atom. The molecule has 3 nitrogen and oxygen atoms in total. The highest BCUT2D eigenvalue weighted by Gasteiger charge is 2.15. The smallest absolute Gasteiger partial charge is 0.265 e. The average Bonchev–Trinajstić information content (AvgIpc) is 2.43. The molecule has 1 N–H and O–H groups in total. The lowest BCUT2D eigenvalue weighted by Crippen LogP contribution is -2.30. The van der Waals surface area contributed by atoms with Crippen molar-refractivity contribution in [2.45, 2.75) is 26.9 Å². The molecule has 0 unspecified atom stereocenters. The van der Waals surface area contributed by atoms with Crippen molar-refractivity contribution in [3.05, 3.63) is 58.1 Å². The number of benzene rings is 2. The molecule has 0 aliphatic carbocycles. The number of halogens is 1. The molecule has 0 aliphatic heterocycles. The summed E-state index contributed by atoms with van der Waals surface area (Å²) in [4.78, 5) is 12.2. The van der Waals surface area contributed by atoms with Gasteiger partial charge in [-0.3, -0.25) is 4.79 Å². The van der Waals surface area contributed by atoms with E-state index < -0.39 is 6.10 Å². The summed E-state index contributed by atoms with van der Waals surface area (Å²) in [6.45, 7) is 5.80. The molecule has 0 spiro atoms. The van der Waals surface area contributed by atoms with Crippen LogP contribution in [0.3, 0.4) is 0 Å². The Balaban J connectivity index is 2.00. The first-order chi connectivity index (χ1) is 9.95. The van der Waals surface area contributed by atoms with Gasteiger partial charge in [-0.1, -0.05) is 28.1 Å². The van der Waals surface area contributed by atoms with Crippen molar-refractivity contribution in [1.29, 1.82) is 0 Å². The predicted molar refractivity (Wildman–Crippen MR) is 88.8 cm³/mol. The van der Waals surface area contributed by atoms with Crippen LogP contribution in [-0.2, 0) is 4.79 Å². The molecule has 0 saturated carbocycles. The van der Waals surface area contributed by atoms with Gasteiger partial charge in [0.15, 0.2) is 6.10 Å². The predicted octanol–water partition coefficient (Wildman–Crippen LogP) is 4.47. The van der Waals surface area contributed by atoms with E-state index in [-0.39, 0.29) is 5.91 Å². The number of hydrogen-bond acceptors (Lipinski definition) is 2. The summed E-state index contributed by atoms with van der Waals surface area (Å²) >= 11 is 3.38. The van der Waals surface area contributed by atoms with Crippen molar-refractivity contribution in [3.8, 4) is 5.75 Å². The first kappa shape index (κ1) is 15.6. The third kappa shape index (κ3) is 4.33. The van der Waals surface area contributed by atoms with E-state index in [1.807, 2.05) is 56.3 Å². The van der Waals surface area contributed by atoms with Crippen molar-refractivity contribution < 1.29 is 9.53 Å². The highest BCUT2D eigenvalue weighted by Crippen LogP contribution is 2.19. The number of anilines is 1. The third-order valence-corrected chi connectivity index (χ3v) is 3.75. The molecule has 2 rings (SSSR count). The van der Waals surface area contributed by atoms with Crippen molar-refractivity contribution in [3.63, 3.8) is 0 Å². The molecular formula is C17H18BrNO2. The van der Waals surface area contributed by atoms with Gasteiger partial charge in [0.2, 0.25) is 0 Å². The molecule has 0 aliphatic rings. The maximum absolute atomic E-state index is 12.2. The van der Waals surface area contributed by atoms with E-state index in [0.717, 1.165) is 15.7 Å². The van der Waals surface area contributed by atoms with Gasteiger partial charge in [-0.05, 0) is 62.2 Å². The molecule has 4 heteroatoms. The standard InChI is InChI=1S/C17H18BrNO2/c1-11-7-8-15(9-12(11)2)19-17(20)13(3)21-16-6-4-5-14(18)10-16/h4-10,13H,1-3H3,(H,19,20)/t13-/m0/s1. The van der Waals surface area contributed by atoms with Gasteiger partial charge in [0.05, 0.1) is 0 Å². The van der Waals surface area contributed by atoms with Crippen LogP contribution in [0.25, 0.3) is 0 Å². The largest absolute Gasteiger partial charge is 0.481 e. The maximum Gasteiger partial charge on any atom is 0.265 e. The number of carbonyl (C=O) groups excluding carboxylic acids is 1. The number of ether oxygens (including phenoxy) is 1. The van der Waals surface area contributed by atoms with Gasteiger partial charge in [0.1, 0.15) is 5.75 Å². The molecule has 0 radical (unpaired) electrons. The number of amides is 1. The van der Waals surface area contributed by atoms with Crippen LogP contribution in [0, 0.1) is 13.8 Å². The van der Waals surface area contributed by atoms with E-state index in [1.165, 1.54) is 5.56 Å². The van der Waals surface area contributed by atoms with Gasteiger partial charge in [0, 0.05) is 10.2 Å². The molecule has 0 heterocycles. The fraction of sp³-hybridized carbons (Fsp3) is 0.235. The molecular weight excluding hydrogens is 330 g/mol. The van der Waals surface area contributed by atoms with Crippen LogP contribution in [0.1, 0.15) is 18.1 Å². The van der Waals surface area contributed by atoms with E-state index in [0.29, 0.717) is 5.75 Å². The molecule has 0 fully saturated rings. The number of rotatable bonds is 4. The summed E-state index contributed by atoms with van der Waals surface area (Å²) in [7, 11) is 0. The Kier molecular flexibility index (Phi) is 5.02. The van der Waals surface area contributed by atoms with Gasteiger partial charge in [-0.25, -0.2) is 0 Å². The molecule has 0 saturated heterocycles. The second-order valence-electron chi connectivity index (χ2n) is 5.01. The Hall–Kier alpha value is -1.81. The van der Waals surface area contributed by atoms with Crippen LogP contribution in [0.15, 0.2) is 46.9 Å². The highest BCUT2D eigenvalue weighted by molar-refractivity contribution is 9.10. The van der Waals surface area contributed by atoms with Gasteiger partial charge in [-0.15, -0.1) is 0 Å². The Morgan fingerprint density at radius 3 is 2.57 bits per heavy atom. The zero-order valence-corrected chi connectivity index (χ0v) is 13.9. The molecule has 1 amide bonds. The Labute approximate surface area is 133 Å². The molecule has 110 valence electrons. The summed E-state index contributed by atoms with van der Waals surface area (Å²) in [5.41, 5.74) is 3.13. The van der Waals surface area contributed by atoms with E-state index in [1.54, 1.807) is 6.92 Å². The minimum absolute atomic E-state index is 0.168. The second-order valence-corrected chi connectivity index (χ2v) is 5.92. The molecule has 0 bridgehead atoms. The number of aryl methyl sites for hydroxylation is 2. The SMILES string of the molecule is Cc1ccc(NC(=O)[C@H](C)Oc2cccc(Br)c2)cc1C. The van der Waals surface area contributed by atoms with Gasteiger partial charge in [0.25, 0.3) is 5.91 Å².